The van der Waals surface area contributed by atoms with Crippen LogP contribution in [0.15, 0.2) is 46.2 Å². The number of alkyl halides is 1. The Morgan fingerprint density at radius 1 is 1.24 bits per heavy atom. The Labute approximate surface area is 171 Å². The first-order valence-electron chi connectivity index (χ1n) is 9.56. The van der Waals surface area contributed by atoms with Gasteiger partial charge in [0.15, 0.2) is 17.4 Å². The minimum Gasteiger partial charge on any atom is -0.483 e. The van der Waals surface area contributed by atoms with Crippen LogP contribution in [0.3, 0.4) is 0 Å². The Kier molecular flexibility index (Phi) is 4.24. The molecule has 4 unspecified atom stereocenters. The van der Waals surface area contributed by atoms with Gasteiger partial charge in [0.1, 0.15) is 17.7 Å². The van der Waals surface area contributed by atoms with Gasteiger partial charge in [-0.1, -0.05) is 23.4 Å². The van der Waals surface area contributed by atoms with E-state index in [2.05, 4.69) is 5.16 Å². The van der Waals surface area contributed by atoms with Crippen LogP contribution in [0, 0.1) is 18.7 Å². The van der Waals surface area contributed by atoms with Crippen molar-refractivity contribution in [3.8, 4) is 0 Å². The highest BCUT2D eigenvalue weighted by Crippen LogP contribution is 2.48. The fourth-order valence-electron chi connectivity index (χ4n) is 4.51. The molecule has 2 aliphatic heterocycles. The Bertz CT molecular complexity index is 1050. The monoisotopic (exact) mass is 416 g/mol. The van der Waals surface area contributed by atoms with Crippen LogP contribution in [0.1, 0.15) is 36.6 Å². The highest BCUT2D eigenvalue weighted by molar-refractivity contribution is 6.21. The second-order valence-corrected chi connectivity index (χ2v) is 8.29. The molecule has 0 radical (unpaired) electrons. The third-order valence-electron chi connectivity index (χ3n) is 5.85. The van der Waals surface area contributed by atoms with Gasteiger partial charge in [-0.3, -0.25) is 14.5 Å². The molecule has 3 aliphatic rings. The molecular formula is C21H18ClFN2O4. The first kappa shape index (κ1) is 18.4. The fourth-order valence-corrected chi connectivity index (χ4v) is 4.83. The van der Waals surface area contributed by atoms with Gasteiger partial charge < -0.3 is 9.26 Å². The number of hydrogen-bond donors (Lipinski definition) is 0. The van der Waals surface area contributed by atoms with E-state index in [0.717, 1.165) is 6.42 Å². The van der Waals surface area contributed by atoms with E-state index in [4.69, 9.17) is 20.9 Å². The van der Waals surface area contributed by atoms with Crippen molar-refractivity contribution in [2.24, 2.45) is 5.92 Å². The lowest BCUT2D eigenvalue weighted by atomic mass is 9.77. The molecule has 150 valence electrons. The number of carbonyl (C=O) groups excluding carboxylic acids is 2. The van der Waals surface area contributed by atoms with Crippen LogP contribution in [0.2, 0.25) is 0 Å². The Hall–Kier alpha value is -2.67. The number of aryl methyl sites for hydroxylation is 1. The van der Waals surface area contributed by atoms with E-state index >= 15 is 0 Å². The first-order chi connectivity index (χ1) is 14.0. The Morgan fingerprint density at radius 2 is 2.03 bits per heavy atom. The van der Waals surface area contributed by atoms with Crippen molar-refractivity contribution in [3.63, 3.8) is 0 Å². The number of amides is 1. The lowest BCUT2D eigenvalue weighted by Crippen LogP contribution is -2.42. The molecule has 1 aromatic heterocycles. The maximum atomic E-state index is 14.8. The first-order valence-corrected chi connectivity index (χ1v) is 9.99. The zero-order chi connectivity index (χ0) is 20.3. The SMILES string of the molecule is Cc1cc(N2C(=O)C3=C(C(=O)C4CC(Cl)CCC4O3)C2c2ccccc2F)no1. The third-order valence-corrected chi connectivity index (χ3v) is 6.24. The molecule has 2 aromatic rings. The van der Waals surface area contributed by atoms with Gasteiger partial charge in [0.25, 0.3) is 5.91 Å². The molecule has 1 fully saturated rings. The third kappa shape index (κ3) is 2.79. The molecule has 1 aromatic carbocycles. The van der Waals surface area contributed by atoms with Crippen LogP contribution in [-0.4, -0.2) is 28.3 Å². The quantitative estimate of drug-likeness (QED) is 0.695. The van der Waals surface area contributed by atoms with Crippen LogP contribution in [0.4, 0.5) is 10.2 Å². The summed E-state index contributed by atoms with van der Waals surface area (Å²) in [5.74, 6) is -0.977. The smallest absolute Gasteiger partial charge is 0.295 e. The molecule has 1 amide bonds. The summed E-state index contributed by atoms with van der Waals surface area (Å²) in [6, 6.07) is 6.71. The van der Waals surface area contributed by atoms with Gasteiger partial charge in [0.2, 0.25) is 0 Å². The van der Waals surface area contributed by atoms with Gasteiger partial charge >= 0.3 is 0 Å². The van der Waals surface area contributed by atoms with Crippen molar-refractivity contribution in [3.05, 3.63) is 58.8 Å². The van der Waals surface area contributed by atoms with Crippen molar-refractivity contribution >= 4 is 29.1 Å². The summed E-state index contributed by atoms with van der Waals surface area (Å²) >= 11 is 6.30. The zero-order valence-electron chi connectivity index (χ0n) is 15.6. The molecule has 0 spiro atoms. The zero-order valence-corrected chi connectivity index (χ0v) is 16.4. The summed E-state index contributed by atoms with van der Waals surface area (Å²) in [4.78, 5) is 28.0. The number of fused-ring (bicyclic) bond motifs is 1. The molecule has 6 nitrogen and oxygen atoms in total. The lowest BCUT2D eigenvalue weighted by Gasteiger charge is -2.37. The number of halogens is 2. The van der Waals surface area contributed by atoms with E-state index in [0.29, 0.717) is 18.6 Å². The van der Waals surface area contributed by atoms with Gasteiger partial charge in [-0.2, -0.15) is 0 Å². The average molecular weight is 417 g/mol. The number of benzene rings is 1. The number of nitrogens with zero attached hydrogens (tertiary/aromatic N) is 2. The molecule has 0 bridgehead atoms. The van der Waals surface area contributed by atoms with Crippen LogP contribution in [-0.2, 0) is 14.3 Å². The fraction of sp³-hybridized carbons (Fsp3) is 0.381. The summed E-state index contributed by atoms with van der Waals surface area (Å²) in [5, 5.41) is 3.81. The molecule has 0 N–H and O–H groups in total. The molecule has 8 heteroatoms. The summed E-state index contributed by atoms with van der Waals surface area (Å²) in [5.41, 5.74) is 0.382. The van der Waals surface area contributed by atoms with Crippen molar-refractivity contribution < 1.29 is 23.2 Å². The van der Waals surface area contributed by atoms with Gasteiger partial charge in [0, 0.05) is 17.0 Å². The topological polar surface area (TPSA) is 72.6 Å². The van der Waals surface area contributed by atoms with Crippen molar-refractivity contribution in [1.29, 1.82) is 0 Å². The number of anilines is 1. The van der Waals surface area contributed by atoms with E-state index in [1.54, 1.807) is 31.2 Å². The number of rotatable bonds is 2. The average Bonchev–Trinajstić information content (AvgIpc) is 3.24. The van der Waals surface area contributed by atoms with Gasteiger partial charge in [0.05, 0.1) is 17.5 Å². The van der Waals surface area contributed by atoms with E-state index in [9.17, 15) is 14.0 Å². The van der Waals surface area contributed by atoms with Crippen LogP contribution in [0.25, 0.3) is 0 Å². The largest absolute Gasteiger partial charge is 0.483 e. The number of aromatic nitrogens is 1. The van der Waals surface area contributed by atoms with E-state index < -0.39 is 23.7 Å². The highest BCUT2D eigenvalue weighted by atomic mass is 35.5. The predicted molar refractivity (Wildman–Crippen MR) is 102 cm³/mol. The van der Waals surface area contributed by atoms with Crippen molar-refractivity contribution in [2.75, 3.05) is 4.90 Å². The highest BCUT2D eigenvalue weighted by Gasteiger charge is 2.54. The molecule has 0 saturated heterocycles. The summed E-state index contributed by atoms with van der Waals surface area (Å²) in [6.45, 7) is 1.69. The number of ketones is 1. The van der Waals surface area contributed by atoms with Crippen LogP contribution < -0.4 is 4.90 Å². The lowest BCUT2D eigenvalue weighted by molar-refractivity contribution is -0.131. The molecular weight excluding hydrogens is 399 g/mol. The maximum Gasteiger partial charge on any atom is 0.295 e. The van der Waals surface area contributed by atoms with E-state index in [1.165, 1.54) is 11.0 Å². The molecule has 4 atom stereocenters. The van der Waals surface area contributed by atoms with Crippen molar-refractivity contribution in [2.45, 2.75) is 43.7 Å². The summed E-state index contributed by atoms with van der Waals surface area (Å²) in [7, 11) is 0. The van der Waals surface area contributed by atoms with Gasteiger partial charge in [-0.05, 0) is 32.3 Å². The minimum atomic E-state index is -0.965. The number of Topliss-reactive ketones (excluding diaryl/α,β-unsaturated/α-hetero) is 1. The normalized spacial score (nSPS) is 29.0. The van der Waals surface area contributed by atoms with Crippen LogP contribution in [0.5, 0.6) is 0 Å². The summed E-state index contributed by atoms with van der Waals surface area (Å²) in [6.07, 6.45) is 1.40. The predicted octanol–water partition coefficient (Wildman–Crippen LogP) is 3.84. The Balaban J connectivity index is 1.67. The van der Waals surface area contributed by atoms with E-state index in [1.807, 2.05) is 0 Å². The number of carbonyl (C=O) groups is 2. The van der Waals surface area contributed by atoms with Gasteiger partial charge in [-0.25, -0.2) is 4.39 Å². The Morgan fingerprint density at radius 3 is 2.76 bits per heavy atom. The van der Waals surface area contributed by atoms with E-state index in [-0.39, 0.29) is 40.0 Å². The molecule has 3 heterocycles. The van der Waals surface area contributed by atoms with Crippen LogP contribution >= 0.6 is 11.6 Å². The second-order valence-electron chi connectivity index (χ2n) is 7.68. The molecule has 1 aliphatic carbocycles. The number of ether oxygens (including phenoxy) is 1. The standard InChI is InChI=1S/C21H18ClFN2O4/c1-10-8-16(24-29-10)25-18(12-4-2-3-5-14(12)23)17-19(26)13-9-11(22)6-7-15(13)28-20(17)21(25)27/h2-5,8,11,13,15,18H,6-7,9H2,1H3. The maximum absolute atomic E-state index is 14.8. The molecule has 29 heavy (non-hydrogen) atoms. The molecule has 1 saturated carbocycles. The molecule has 5 rings (SSSR count). The minimum absolute atomic E-state index is 0.0156. The van der Waals surface area contributed by atoms with Crippen molar-refractivity contribution in [1.82, 2.24) is 5.16 Å². The summed E-state index contributed by atoms with van der Waals surface area (Å²) < 4.78 is 25.9. The number of hydrogen-bond acceptors (Lipinski definition) is 5. The van der Waals surface area contributed by atoms with Gasteiger partial charge in [-0.15, -0.1) is 11.6 Å². The second kappa shape index (κ2) is 6.69.